The van der Waals surface area contributed by atoms with E-state index < -0.39 is 0 Å². The normalized spacial score (nSPS) is 10.7. The Bertz CT molecular complexity index is 361. The molecule has 0 heterocycles. The Balaban J connectivity index is 2.74. The van der Waals surface area contributed by atoms with Gasteiger partial charge in [0.25, 0.3) is 0 Å². The summed E-state index contributed by atoms with van der Waals surface area (Å²) in [6, 6.07) is 5.00. The van der Waals surface area contributed by atoms with E-state index in [1.54, 1.807) is 18.2 Å². The molecule has 0 radical (unpaired) electrons. The van der Waals surface area contributed by atoms with Crippen molar-refractivity contribution in [2.24, 2.45) is 5.92 Å². The van der Waals surface area contributed by atoms with Crippen molar-refractivity contribution in [3.05, 3.63) is 28.8 Å². The first-order valence-corrected chi connectivity index (χ1v) is 5.46. The summed E-state index contributed by atoms with van der Waals surface area (Å²) in [6.45, 7) is 4.19. The summed E-state index contributed by atoms with van der Waals surface area (Å²) in [5, 5.41) is 0.563. The van der Waals surface area contributed by atoms with Gasteiger partial charge in [0.05, 0.1) is 0 Å². The van der Waals surface area contributed by atoms with Gasteiger partial charge in [-0.25, -0.2) is 0 Å². The van der Waals surface area contributed by atoms with E-state index in [-0.39, 0.29) is 5.78 Å². The van der Waals surface area contributed by atoms with E-state index in [2.05, 4.69) is 13.8 Å². The predicted molar refractivity (Wildman–Crippen MR) is 64.3 cm³/mol. The average molecular weight is 226 g/mol. The number of nitrogen functional groups attached to an aromatic ring is 1. The highest BCUT2D eigenvalue weighted by molar-refractivity contribution is 6.31. The van der Waals surface area contributed by atoms with Gasteiger partial charge in [-0.05, 0) is 30.5 Å². The second-order valence-corrected chi connectivity index (χ2v) is 4.52. The first-order valence-electron chi connectivity index (χ1n) is 5.09. The van der Waals surface area contributed by atoms with Crippen molar-refractivity contribution in [2.45, 2.75) is 26.7 Å². The number of anilines is 1. The van der Waals surface area contributed by atoms with Crippen LogP contribution in [0, 0.1) is 5.92 Å². The quantitative estimate of drug-likeness (QED) is 0.629. The van der Waals surface area contributed by atoms with Crippen LogP contribution < -0.4 is 5.73 Å². The number of benzene rings is 1. The van der Waals surface area contributed by atoms with Crippen LogP contribution in [0.2, 0.25) is 5.02 Å². The van der Waals surface area contributed by atoms with Gasteiger partial charge in [0.2, 0.25) is 0 Å². The number of nitrogens with two attached hydrogens (primary N) is 1. The molecule has 0 bridgehead atoms. The molecule has 0 aliphatic carbocycles. The van der Waals surface area contributed by atoms with Crippen molar-refractivity contribution in [2.75, 3.05) is 5.73 Å². The largest absolute Gasteiger partial charge is 0.398 e. The summed E-state index contributed by atoms with van der Waals surface area (Å²) >= 11 is 5.76. The van der Waals surface area contributed by atoms with Gasteiger partial charge in [0, 0.05) is 22.7 Å². The lowest BCUT2D eigenvalue weighted by atomic mass is 10.0. The van der Waals surface area contributed by atoms with Gasteiger partial charge in [-0.3, -0.25) is 4.79 Å². The molecule has 1 aromatic rings. The summed E-state index contributed by atoms with van der Waals surface area (Å²) in [5.74, 6) is 0.625. The Morgan fingerprint density at radius 3 is 2.67 bits per heavy atom. The molecule has 0 aromatic heterocycles. The smallest absolute Gasteiger partial charge is 0.164 e. The Kier molecular flexibility index (Phi) is 4.15. The summed E-state index contributed by atoms with van der Waals surface area (Å²) < 4.78 is 0. The van der Waals surface area contributed by atoms with Gasteiger partial charge in [-0.15, -0.1) is 0 Å². The van der Waals surface area contributed by atoms with E-state index in [4.69, 9.17) is 17.3 Å². The molecular weight excluding hydrogens is 210 g/mol. The van der Waals surface area contributed by atoms with Gasteiger partial charge in [-0.1, -0.05) is 25.4 Å². The number of Topliss-reactive ketones (excluding diaryl/α,β-unsaturated/α-hetero) is 1. The second kappa shape index (κ2) is 5.17. The molecule has 1 rings (SSSR count). The van der Waals surface area contributed by atoms with Gasteiger partial charge in [-0.2, -0.15) is 0 Å². The van der Waals surface area contributed by atoms with E-state index in [0.29, 0.717) is 28.6 Å². The lowest BCUT2D eigenvalue weighted by molar-refractivity contribution is 0.0976. The van der Waals surface area contributed by atoms with E-state index in [1.165, 1.54) is 0 Å². The maximum absolute atomic E-state index is 11.8. The SMILES string of the molecule is CC(C)CCC(=O)c1ccc(Cl)cc1N. The maximum Gasteiger partial charge on any atom is 0.164 e. The topological polar surface area (TPSA) is 43.1 Å². The zero-order valence-electron chi connectivity index (χ0n) is 9.09. The lowest BCUT2D eigenvalue weighted by Crippen LogP contribution is -2.05. The van der Waals surface area contributed by atoms with Gasteiger partial charge in [0.1, 0.15) is 0 Å². The molecule has 0 unspecified atom stereocenters. The zero-order chi connectivity index (χ0) is 11.4. The van der Waals surface area contributed by atoms with Crippen LogP contribution in [0.15, 0.2) is 18.2 Å². The summed E-state index contributed by atoms with van der Waals surface area (Å²) in [5.41, 5.74) is 6.78. The molecule has 0 saturated heterocycles. The molecule has 3 heteroatoms. The standard InChI is InChI=1S/C12H16ClNO/c1-8(2)3-6-12(15)10-5-4-9(13)7-11(10)14/h4-5,7-8H,3,6,14H2,1-2H3. The Hall–Kier alpha value is -1.02. The van der Waals surface area contributed by atoms with E-state index >= 15 is 0 Å². The highest BCUT2D eigenvalue weighted by Crippen LogP contribution is 2.20. The highest BCUT2D eigenvalue weighted by Gasteiger charge is 2.10. The third-order valence-electron chi connectivity index (χ3n) is 2.26. The predicted octanol–water partition coefficient (Wildman–Crippen LogP) is 3.54. The lowest BCUT2D eigenvalue weighted by Gasteiger charge is -2.06. The average Bonchev–Trinajstić information content (AvgIpc) is 2.14. The minimum absolute atomic E-state index is 0.0952. The molecule has 0 atom stereocenters. The third kappa shape index (κ3) is 3.56. The van der Waals surface area contributed by atoms with Crippen molar-refractivity contribution in [3.63, 3.8) is 0 Å². The minimum Gasteiger partial charge on any atom is -0.398 e. The number of hydrogen-bond donors (Lipinski definition) is 1. The van der Waals surface area contributed by atoms with E-state index in [9.17, 15) is 4.79 Å². The summed E-state index contributed by atoms with van der Waals surface area (Å²) in [6.07, 6.45) is 1.43. The van der Waals surface area contributed by atoms with Crippen LogP contribution in [0.1, 0.15) is 37.0 Å². The highest BCUT2D eigenvalue weighted by atomic mass is 35.5. The molecule has 1 aromatic carbocycles. The molecule has 15 heavy (non-hydrogen) atoms. The molecule has 82 valence electrons. The van der Waals surface area contributed by atoms with E-state index in [1.807, 2.05) is 0 Å². The number of carbonyl (C=O) groups excluding carboxylic acids is 1. The second-order valence-electron chi connectivity index (χ2n) is 4.09. The monoisotopic (exact) mass is 225 g/mol. The van der Waals surface area contributed by atoms with Crippen LogP contribution in [0.4, 0.5) is 5.69 Å². The van der Waals surface area contributed by atoms with Crippen LogP contribution in [0.25, 0.3) is 0 Å². The first kappa shape index (κ1) is 12.1. The molecule has 0 amide bonds. The molecular formula is C12H16ClNO. The Morgan fingerprint density at radius 2 is 2.13 bits per heavy atom. The molecule has 0 fully saturated rings. The van der Waals surface area contributed by atoms with Gasteiger partial charge < -0.3 is 5.73 Å². The van der Waals surface area contributed by atoms with Crippen LogP contribution in [-0.4, -0.2) is 5.78 Å². The fourth-order valence-corrected chi connectivity index (χ4v) is 1.52. The van der Waals surface area contributed by atoms with Crippen LogP contribution in [0.3, 0.4) is 0 Å². The van der Waals surface area contributed by atoms with Crippen molar-refractivity contribution in [1.29, 1.82) is 0 Å². The van der Waals surface area contributed by atoms with E-state index in [0.717, 1.165) is 6.42 Å². The van der Waals surface area contributed by atoms with Crippen molar-refractivity contribution < 1.29 is 4.79 Å². The summed E-state index contributed by atoms with van der Waals surface area (Å²) in [4.78, 5) is 11.8. The van der Waals surface area contributed by atoms with Gasteiger partial charge >= 0.3 is 0 Å². The Morgan fingerprint density at radius 1 is 1.47 bits per heavy atom. The zero-order valence-corrected chi connectivity index (χ0v) is 9.84. The van der Waals surface area contributed by atoms with Crippen molar-refractivity contribution in [1.82, 2.24) is 0 Å². The van der Waals surface area contributed by atoms with Crippen LogP contribution >= 0.6 is 11.6 Å². The number of ketones is 1. The summed E-state index contributed by atoms with van der Waals surface area (Å²) in [7, 11) is 0. The number of carbonyl (C=O) groups is 1. The number of hydrogen-bond acceptors (Lipinski definition) is 2. The minimum atomic E-state index is 0.0952. The molecule has 0 saturated carbocycles. The van der Waals surface area contributed by atoms with Crippen LogP contribution in [0.5, 0.6) is 0 Å². The van der Waals surface area contributed by atoms with Crippen LogP contribution in [-0.2, 0) is 0 Å². The fourth-order valence-electron chi connectivity index (χ4n) is 1.34. The molecule has 0 spiro atoms. The van der Waals surface area contributed by atoms with Crippen molar-refractivity contribution >= 4 is 23.1 Å². The van der Waals surface area contributed by atoms with Gasteiger partial charge in [0.15, 0.2) is 5.78 Å². The number of halogens is 1. The third-order valence-corrected chi connectivity index (χ3v) is 2.50. The first-order chi connectivity index (χ1) is 7.00. The maximum atomic E-state index is 11.8. The fraction of sp³-hybridized carbons (Fsp3) is 0.417. The molecule has 0 aliphatic heterocycles. The molecule has 2 nitrogen and oxygen atoms in total. The van der Waals surface area contributed by atoms with Crippen molar-refractivity contribution in [3.8, 4) is 0 Å². The Labute approximate surface area is 95.4 Å². The number of rotatable bonds is 4. The molecule has 0 aliphatic rings. The molecule has 2 N–H and O–H groups in total.